The maximum Gasteiger partial charge on any atom is 0.0144 e. The third-order valence-electron chi connectivity index (χ3n) is 1.77. The maximum atomic E-state index is 3.51. The van der Waals surface area contributed by atoms with Gasteiger partial charge in [-0.15, -0.1) is 0 Å². The zero-order valence-electron chi connectivity index (χ0n) is 9.30. The largest absolute Gasteiger partial charge is 0.315 e. The van der Waals surface area contributed by atoms with E-state index in [1.54, 1.807) is 0 Å². The van der Waals surface area contributed by atoms with Crippen LogP contribution in [0.15, 0.2) is 0 Å². The van der Waals surface area contributed by atoms with E-state index in [1.807, 2.05) is 23.5 Å². The SMILES string of the molecule is CCSC(C)CNCC(C)SCC. The Morgan fingerprint density at radius 1 is 0.923 bits per heavy atom. The van der Waals surface area contributed by atoms with E-state index in [2.05, 4.69) is 33.0 Å². The Morgan fingerprint density at radius 3 is 1.62 bits per heavy atom. The molecule has 0 spiro atoms. The van der Waals surface area contributed by atoms with E-state index >= 15 is 0 Å². The van der Waals surface area contributed by atoms with Gasteiger partial charge in [0.05, 0.1) is 0 Å². The molecule has 0 saturated heterocycles. The van der Waals surface area contributed by atoms with Gasteiger partial charge in [-0.25, -0.2) is 0 Å². The quantitative estimate of drug-likeness (QED) is 0.677. The molecule has 0 saturated carbocycles. The minimum Gasteiger partial charge on any atom is -0.315 e. The van der Waals surface area contributed by atoms with Crippen LogP contribution in [-0.4, -0.2) is 35.1 Å². The zero-order chi connectivity index (χ0) is 10.1. The van der Waals surface area contributed by atoms with Gasteiger partial charge in [0.2, 0.25) is 0 Å². The van der Waals surface area contributed by atoms with Crippen LogP contribution < -0.4 is 5.32 Å². The van der Waals surface area contributed by atoms with Crippen molar-refractivity contribution in [2.45, 2.75) is 38.2 Å². The van der Waals surface area contributed by atoms with Gasteiger partial charge in [0.15, 0.2) is 0 Å². The highest BCUT2D eigenvalue weighted by Gasteiger charge is 2.03. The average Bonchev–Trinajstić information content (AvgIpc) is 2.05. The Kier molecular flexibility index (Phi) is 9.69. The summed E-state index contributed by atoms with van der Waals surface area (Å²) in [4.78, 5) is 0. The van der Waals surface area contributed by atoms with Crippen molar-refractivity contribution in [3.8, 4) is 0 Å². The molecule has 1 nitrogen and oxygen atoms in total. The van der Waals surface area contributed by atoms with Crippen LogP contribution in [0.2, 0.25) is 0 Å². The van der Waals surface area contributed by atoms with E-state index in [-0.39, 0.29) is 0 Å². The molecular formula is C10H23NS2. The van der Waals surface area contributed by atoms with Gasteiger partial charge in [0, 0.05) is 23.6 Å². The highest BCUT2D eigenvalue weighted by Crippen LogP contribution is 2.10. The number of hydrogen-bond donors (Lipinski definition) is 1. The van der Waals surface area contributed by atoms with Gasteiger partial charge in [-0.3, -0.25) is 0 Å². The van der Waals surface area contributed by atoms with Gasteiger partial charge < -0.3 is 5.32 Å². The molecule has 0 amide bonds. The second kappa shape index (κ2) is 9.22. The molecule has 0 aromatic carbocycles. The van der Waals surface area contributed by atoms with Crippen LogP contribution in [0.3, 0.4) is 0 Å². The van der Waals surface area contributed by atoms with Crippen LogP contribution in [-0.2, 0) is 0 Å². The second-order valence-electron chi connectivity index (χ2n) is 3.19. The van der Waals surface area contributed by atoms with Gasteiger partial charge in [-0.1, -0.05) is 27.7 Å². The van der Waals surface area contributed by atoms with Gasteiger partial charge >= 0.3 is 0 Å². The predicted molar refractivity (Wildman–Crippen MR) is 68.1 cm³/mol. The normalized spacial score (nSPS) is 15.7. The summed E-state index contributed by atoms with van der Waals surface area (Å²) >= 11 is 4.05. The first kappa shape index (κ1) is 13.7. The molecule has 3 heteroatoms. The van der Waals surface area contributed by atoms with E-state index in [0.29, 0.717) is 0 Å². The molecule has 0 rings (SSSR count). The van der Waals surface area contributed by atoms with Crippen LogP contribution in [0.5, 0.6) is 0 Å². The number of thioether (sulfide) groups is 2. The van der Waals surface area contributed by atoms with Gasteiger partial charge in [-0.05, 0) is 11.5 Å². The third-order valence-corrected chi connectivity index (χ3v) is 3.90. The van der Waals surface area contributed by atoms with Crippen LogP contribution in [0.1, 0.15) is 27.7 Å². The van der Waals surface area contributed by atoms with Crippen molar-refractivity contribution in [1.29, 1.82) is 0 Å². The van der Waals surface area contributed by atoms with Crippen molar-refractivity contribution in [2.24, 2.45) is 0 Å². The number of hydrogen-bond acceptors (Lipinski definition) is 3. The Labute approximate surface area is 91.8 Å². The summed E-state index contributed by atoms with van der Waals surface area (Å²) in [5, 5.41) is 5.02. The first-order valence-corrected chi connectivity index (χ1v) is 7.24. The molecule has 0 aliphatic heterocycles. The van der Waals surface area contributed by atoms with Crippen LogP contribution in [0.25, 0.3) is 0 Å². The molecular weight excluding hydrogens is 198 g/mol. The van der Waals surface area contributed by atoms with Crippen molar-refractivity contribution in [2.75, 3.05) is 24.6 Å². The summed E-state index contributed by atoms with van der Waals surface area (Å²) < 4.78 is 0. The highest BCUT2D eigenvalue weighted by molar-refractivity contribution is 8.00. The highest BCUT2D eigenvalue weighted by atomic mass is 32.2. The van der Waals surface area contributed by atoms with E-state index in [9.17, 15) is 0 Å². The average molecular weight is 221 g/mol. The smallest absolute Gasteiger partial charge is 0.0144 e. The molecule has 0 fully saturated rings. The summed E-state index contributed by atoms with van der Waals surface area (Å²) in [6.07, 6.45) is 0. The summed E-state index contributed by atoms with van der Waals surface area (Å²) in [5.74, 6) is 2.45. The Bertz CT molecular complexity index is 97.1. The van der Waals surface area contributed by atoms with E-state index < -0.39 is 0 Å². The van der Waals surface area contributed by atoms with Gasteiger partial charge in [-0.2, -0.15) is 23.5 Å². The van der Waals surface area contributed by atoms with Crippen molar-refractivity contribution in [1.82, 2.24) is 5.32 Å². The molecule has 2 atom stereocenters. The molecule has 0 heterocycles. The monoisotopic (exact) mass is 221 g/mol. The molecule has 0 bridgehead atoms. The number of nitrogens with one attached hydrogen (secondary N) is 1. The summed E-state index contributed by atoms with van der Waals surface area (Å²) in [6, 6.07) is 0. The van der Waals surface area contributed by atoms with Crippen LogP contribution in [0, 0.1) is 0 Å². The fourth-order valence-electron chi connectivity index (χ4n) is 1.18. The fraction of sp³-hybridized carbons (Fsp3) is 1.00. The van der Waals surface area contributed by atoms with Crippen molar-refractivity contribution in [3.05, 3.63) is 0 Å². The fourth-order valence-corrected chi connectivity index (χ4v) is 2.79. The lowest BCUT2D eigenvalue weighted by Crippen LogP contribution is -2.28. The van der Waals surface area contributed by atoms with E-state index in [1.165, 1.54) is 11.5 Å². The number of rotatable bonds is 8. The Hall–Kier alpha value is 0.660. The van der Waals surface area contributed by atoms with E-state index in [4.69, 9.17) is 0 Å². The maximum absolute atomic E-state index is 3.51. The van der Waals surface area contributed by atoms with Crippen molar-refractivity contribution in [3.63, 3.8) is 0 Å². The summed E-state index contributed by atoms with van der Waals surface area (Å²) in [5.41, 5.74) is 0. The predicted octanol–water partition coefficient (Wildman–Crippen LogP) is 2.86. The van der Waals surface area contributed by atoms with Crippen molar-refractivity contribution >= 4 is 23.5 Å². The first-order valence-electron chi connectivity index (χ1n) is 5.14. The molecule has 1 N–H and O–H groups in total. The van der Waals surface area contributed by atoms with E-state index in [0.717, 1.165) is 23.6 Å². The lowest BCUT2D eigenvalue weighted by molar-refractivity contribution is 0.677. The zero-order valence-corrected chi connectivity index (χ0v) is 10.9. The molecule has 0 radical (unpaired) electrons. The minimum atomic E-state index is 0.754. The topological polar surface area (TPSA) is 12.0 Å². The van der Waals surface area contributed by atoms with Gasteiger partial charge in [0.1, 0.15) is 0 Å². The molecule has 13 heavy (non-hydrogen) atoms. The molecule has 0 aliphatic rings. The Balaban J connectivity index is 3.23. The standard InChI is InChI=1S/C10H23NS2/c1-5-12-9(3)7-11-8-10(4)13-6-2/h9-11H,5-8H2,1-4H3. The molecule has 0 aromatic rings. The van der Waals surface area contributed by atoms with Crippen LogP contribution in [0.4, 0.5) is 0 Å². The molecule has 0 aliphatic carbocycles. The van der Waals surface area contributed by atoms with Crippen LogP contribution >= 0.6 is 23.5 Å². The molecule has 2 unspecified atom stereocenters. The van der Waals surface area contributed by atoms with Crippen molar-refractivity contribution < 1.29 is 0 Å². The Morgan fingerprint density at radius 2 is 1.31 bits per heavy atom. The summed E-state index contributed by atoms with van der Waals surface area (Å²) in [6.45, 7) is 11.3. The van der Waals surface area contributed by atoms with Gasteiger partial charge in [0.25, 0.3) is 0 Å². The third kappa shape index (κ3) is 8.98. The second-order valence-corrected chi connectivity index (χ2v) is 6.62. The first-order chi connectivity index (χ1) is 6.20. The molecule has 0 aromatic heterocycles. The minimum absolute atomic E-state index is 0.754. The lowest BCUT2D eigenvalue weighted by Gasteiger charge is -2.14. The lowest BCUT2D eigenvalue weighted by atomic mass is 10.4. The summed E-state index contributed by atoms with van der Waals surface area (Å²) in [7, 11) is 0. The molecule has 80 valence electrons.